The molecule has 1 saturated heterocycles. The molecule has 2 amide bonds. The van der Waals surface area contributed by atoms with E-state index in [0.29, 0.717) is 25.3 Å². The Balaban J connectivity index is 2.43. The Hall–Kier alpha value is -1.63. The second-order valence-electron chi connectivity index (χ2n) is 7.71. The minimum absolute atomic E-state index is 0.0846. The Morgan fingerprint density at radius 3 is 2.50 bits per heavy atom. The second-order valence-corrected chi connectivity index (χ2v) is 7.71. The first-order chi connectivity index (χ1) is 11.1. The van der Waals surface area contributed by atoms with Crippen LogP contribution in [0.15, 0.2) is 0 Å². The van der Waals surface area contributed by atoms with Gasteiger partial charge < -0.3 is 20.7 Å². The lowest BCUT2D eigenvalue weighted by Gasteiger charge is -2.24. The summed E-state index contributed by atoms with van der Waals surface area (Å²) in [6, 6.07) is -0.546. The van der Waals surface area contributed by atoms with Crippen LogP contribution in [0.4, 0.5) is 0 Å². The van der Waals surface area contributed by atoms with Gasteiger partial charge in [-0.1, -0.05) is 13.8 Å². The zero-order valence-electron chi connectivity index (χ0n) is 15.4. The van der Waals surface area contributed by atoms with E-state index in [1.807, 2.05) is 20.8 Å². The van der Waals surface area contributed by atoms with E-state index in [2.05, 4.69) is 29.8 Å². The second kappa shape index (κ2) is 9.01. The maximum absolute atomic E-state index is 12.2. The van der Waals surface area contributed by atoms with Gasteiger partial charge in [-0.05, 0) is 39.5 Å². The van der Waals surface area contributed by atoms with Crippen molar-refractivity contribution in [2.45, 2.75) is 71.6 Å². The van der Waals surface area contributed by atoms with E-state index < -0.39 is 11.6 Å². The fraction of sp³-hybridized carbons (Fsp3) is 0.824. The lowest BCUT2D eigenvalue weighted by molar-refractivity contribution is -0.153. The monoisotopic (exact) mass is 341 g/mol. The van der Waals surface area contributed by atoms with Gasteiger partial charge in [0.15, 0.2) is 0 Å². The van der Waals surface area contributed by atoms with Crippen molar-refractivity contribution >= 4 is 17.8 Å². The molecule has 2 unspecified atom stereocenters. The quantitative estimate of drug-likeness (QED) is 0.566. The molecule has 0 aromatic carbocycles. The normalized spacial score (nSPS) is 19.1. The molecule has 7 heteroatoms. The SMILES string of the molecule is CC(C)CC(CNCC(=O)OC(C)(C)C)NC(=O)C1CCC(=O)N1. The number of rotatable bonds is 8. The molecule has 0 aromatic heterocycles. The summed E-state index contributed by atoms with van der Waals surface area (Å²) in [7, 11) is 0. The van der Waals surface area contributed by atoms with Crippen molar-refractivity contribution in [3.63, 3.8) is 0 Å². The van der Waals surface area contributed by atoms with Crippen LogP contribution in [0.5, 0.6) is 0 Å². The number of hydrogen-bond acceptors (Lipinski definition) is 5. The summed E-state index contributed by atoms with van der Waals surface area (Å²) >= 11 is 0. The number of amides is 2. The van der Waals surface area contributed by atoms with Crippen LogP contribution < -0.4 is 16.0 Å². The summed E-state index contributed by atoms with van der Waals surface area (Å²) < 4.78 is 5.24. The number of carbonyl (C=O) groups excluding carboxylic acids is 3. The Morgan fingerprint density at radius 2 is 2.00 bits per heavy atom. The van der Waals surface area contributed by atoms with E-state index in [1.165, 1.54) is 0 Å². The lowest BCUT2D eigenvalue weighted by atomic mass is 10.0. The molecule has 3 N–H and O–H groups in total. The van der Waals surface area contributed by atoms with Gasteiger partial charge in [0.1, 0.15) is 11.6 Å². The molecule has 0 saturated carbocycles. The third kappa shape index (κ3) is 8.29. The Morgan fingerprint density at radius 1 is 1.33 bits per heavy atom. The molecule has 2 atom stereocenters. The molecule has 1 fully saturated rings. The van der Waals surface area contributed by atoms with Crippen LogP contribution in [0.2, 0.25) is 0 Å². The van der Waals surface area contributed by atoms with Gasteiger partial charge in [-0.25, -0.2) is 0 Å². The van der Waals surface area contributed by atoms with Crippen LogP contribution in [0.1, 0.15) is 53.9 Å². The molecule has 24 heavy (non-hydrogen) atoms. The van der Waals surface area contributed by atoms with Gasteiger partial charge in [-0.3, -0.25) is 14.4 Å². The van der Waals surface area contributed by atoms with Crippen LogP contribution in [0.25, 0.3) is 0 Å². The maximum atomic E-state index is 12.2. The summed E-state index contributed by atoms with van der Waals surface area (Å²) in [4.78, 5) is 35.2. The minimum Gasteiger partial charge on any atom is -0.459 e. The first-order valence-electron chi connectivity index (χ1n) is 8.59. The first-order valence-corrected chi connectivity index (χ1v) is 8.59. The van der Waals surface area contributed by atoms with Gasteiger partial charge in [0.2, 0.25) is 11.8 Å². The summed E-state index contributed by atoms with van der Waals surface area (Å²) in [5, 5.41) is 8.67. The Bertz CT molecular complexity index is 457. The zero-order valence-corrected chi connectivity index (χ0v) is 15.4. The van der Waals surface area contributed by atoms with Crippen molar-refractivity contribution in [1.82, 2.24) is 16.0 Å². The maximum Gasteiger partial charge on any atom is 0.320 e. The van der Waals surface area contributed by atoms with Crippen molar-refractivity contribution in [3.05, 3.63) is 0 Å². The smallest absolute Gasteiger partial charge is 0.320 e. The standard InChI is InChI=1S/C17H31N3O4/c1-11(2)8-12(9-18-10-15(22)24-17(3,4)5)19-16(23)13-6-7-14(21)20-13/h11-13,18H,6-10H2,1-5H3,(H,19,23)(H,20,21). The predicted octanol–water partition coefficient (Wildman–Crippen LogP) is 0.727. The first kappa shape index (κ1) is 20.4. The van der Waals surface area contributed by atoms with Gasteiger partial charge in [0.05, 0.1) is 6.54 Å². The molecule has 0 spiro atoms. The van der Waals surface area contributed by atoms with Crippen LogP contribution in [0, 0.1) is 5.92 Å². The average molecular weight is 341 g/mol. The molecule has 1 heterocycles. The molecular formula is C17H31N3O4. The average Bonchev–Trinajstić information content (AvgIpc) is 2.82. The lowest BCUT2D eigenvalue weighted by Crippen LogP contribution is -2.50. The molecule has 0 radical (unpaired) electrons. The summed E-state index contributed by atoms with van der Waals surface area (Å²) in [5.74, 6) is -0.166. The van der Waals surface area contributed by atoms with E-state index in [0.717, 1.165) is 6.42 Å². The van der Waals surface area contributed by atoms with Crippen molar-refractivity contribution in [3.8, 4) is 0 Å². The molecule has 1 aliphatic heterocycles. The van der Waals surface area contributed by atoms with Crippen LogP contribution in [-0.2, 0) is 19.1 Å². The van der Waals surface area contributed by atoms with Gasteiger partial charge in [0.25, 0.3) is 0 Å². The van der Waals surface area contributed by atoms with E-state index in [9.17, 15) is 14.4 Å². The molecule has 0 aliphatic carbocycles. The molecule has 0 bridgehead atoms. The molecule has 138 valence electrons. The highest BCUT2D eigenvalue weighted by Gasteiger charge is 2.28. The number of esters is 1. The third-order valence-corrected chi connectivity index (χ3v) is 3.49. The van der Waals surface area contributed by atoms with Crippen molar-refractivity contribution in [1.29, 1.82) is 0 Å². The zero-order chi connectivity index (χ0) is 18.3. The predicted molar refractivity (Wildman–Crippen MR) is 91.3 cm³/mol. The molecule has 7 nitrogen and oxygen atoms in total. The molecule has 1 rings (SSSR count). The van der Waals surface area contributed by atoms with Crippen molar-refractivity contribution in [2.75, 3.05) is 13.1 Å². The summed E-state index contributed by atoms with van der Waals surface area (Å²) in [5.41, 5.74) is -0.509. The van der Waals surface area contributed by atoms with E-state index in [4.69, 9.17) is 4.74 Å². The number of hydrogen-bond donors (Lipinski definition) is 3. The number of carbonyl (C=O) groups is 3. The number of nitrogens with one attached hydrogen (secondary N) is 3. The van der Waals surface area contributed by atoms with Crippen LogP contribution in [-0.4, -0.2) is 48.6 Å². The van der Waals surface area contributed by atoms with Gasteiger partial charge in [0, 0.05) is 19.0 Å². The van der Waals surface area contributed by atoms with E-state index >= 15 is 0 Å². The summed E-state index contributed by atoms with van der Waals surface area (Å²) in [6.45, 7) is 10.2. The van der Waals surface area contributed by atoms with Crippen molar-refractivity contribution in [2.24, 2.45) is 5.92 Å². The van der Waals surface area contributed by atoms with Crippen LogP contribution >= 0.6 is 0 Å². The Kier molecular flexibility index (Phi) is 7.66. The highest BCUT2D eigenvalue weighted by atomic mass is 16.6. The summed E-state index contributed by atoms with van der Waals surface area (Å²) in [6.07, 6.45) is 1.71. The molecule has 0 aromatic rings. The van der Waals surface area contributed by atoms with Crippen molar-refractivity contribution < 1.29 is 19.1 Å². The van der Waals surface area contributed by atoms with E-state index in [-0.39, 0.29) is 30.4 Å². The topological polar surface area (TPSA) is 96.5 Å². The highest BCUT2D eigenvalue weighted by molar-refractivity contribution is 5.90. The minimum atomic E-state index is -0.509. The van der Waals surface area contributed by atoms with Gasteiger partial charge >= 0.3 is 5.97 Å². The fourth-order valence-corrected chi connectivity index (χ4v) is 2.60. The fourth-order valence-electron chi connectivity index (χ4n) is 2.60. The highest BCUT2D eigenvalue weighted by Crippen LogP contribution is 2.09. The Labute approximate surface area is 144 Å². The number of ether oxygens (including phenoxy) is 1. The van der Waals surface area contributed by atoms with E-state index in [1.54, 1.807) is 0 Å². The third-order valence-electron chi connectivity index (χ3n) is 3.49. The van der Waals surface area contributed by atoms with Gasteiger partial charge in [-0.15, -0.1) is 0 Å². The van der Waals surface area contributed by atoms with Gasteiger partial charge in [-0.2, -0.15) is 0 Å². The molecular weight excluding hydrogens is 310 g/mol. The largest absolute Gasteiger partial charge is 0.459 e. The molecule has 1 aliphatic rings. The van der Waals surface area contributed by atoms with Crippen LogP contribution in [0.3, 0.4) is 0 Å².